The van der Waals surface area contributed by atoms with Crippen LogP contribution in [0.4, 0.5) is 0 Å². The third-order valence-corrected chi connectivity index (χ3v) is 5.06. The van der Waals surface area contributed by atoms with E-state index in [1.807, 2.05) is 37.3 Å². The minimum atomic E-state index is -3.22. The molecule has 2 atom stereocenters. The number of benzene rings is 1. The molecule has 1 saturated heterocycles. The van der Waals surface area contributed by atoms with Gasteiger partial charge in [0, 0.05) is 12.6 Å². The summed E-state index contributed by atoms with van der Waals surface area (Å²) in [5.74, 6) is 0. The molecule has 1 fully saturated rings. The Labute approximate surface area is 102 Å². The fourth-order valence-corrected chi connectivity index (χ4v) is 3.63. The summed E-state index contributed by atoms with van der Waals surface area (Å²) in [6.45, 7) is 3.21. The molecule has 4 nitrogen and oxygen atoms in total. The van der Waals surface area contributed by atoms with Gasteiger partial charge in [-0.1, -0.05) is 30.3 Å². The maximum atomic E-state index is 12.1. The smallest absolute Gasteiger partial charge is 0.216 e. The van der Waals surface area contributed by atoms with Crippen molar-refractivity contribution >= 4 is 10.0 Å². The van der Waals surface area contributed by atoms with E-state index in [0.717, 1.165) is 12.1 Å². The highest BCUT2D eigenvalue weighted by Crippen LogP contribution is 2.16. The lowest BCUT2D eigenvalue weighted by Crippen LogP contribution is -2.37. The molecule has 1 aromatic carbocycles. The molecule has 17 heavy (non-hydrogen) atoms. The monoisotopic (exact) mass is 254 g/mol. The second-order valence-electron chi connectivity index (χ2n) is 4.41. The van der Waals surface area contributed by atoms with E-state index in [-0.39, 0.29) is 11.3 Å². The first-order valence-electron chi connectivity index (χ1n) is 5.86. The van der Waals surface area contributed by atoms with Gasteiger partial charge in [-0.2, -0.15) is 0 Å². The molecule has 1 aliphatic heterocycles. The van der Waals surface area contributed by atoms with Gasteiger partial charge in [0.1, 0.15) is 0 Å². The summed E-state index contributed by atoms with van der Waals surface area (Å²) in [6, 6.07) is 9.43. The molecule has 1 aromatic rings. The fraction of sp³-hybridized carbons (Fsp3) is 0.500. The van der Waals surface area contributed by atoms with Crippen molar-refractivity contribution in [1.29, 1.82) is 0 Å². The van der Waals surface area contributed by atoms with E-state index < -0.39 is 10.0 Å². The van der Waals surface area contributed by atoms with Crippen molar-refractivity contribution in [2.24, 2.45) is 0 Å². The van der Waals surface area contributed by atoms with Crippen LogP contribution in [0.5, 0.6) is 0 Å². The Hall–Kier alpha value is -0.910. The van der Waals surface area contributed by atoms with Crippen LogP contribution >= 0.6 is 0 Å². The van der Waals surface area contributed by atoms with Gasteiger partial charge in [0.05, 0.1) is 5.25 Å². The summed E-state index contributed by atoms with van der Waals surface area (Å²) >= 11 is 0. The molecule has 0 amide bonds. The average Bonchev–Trinajstić information content (AvgIpc) is 2.84. The van der Waals surface area contributed by atoms with Crippen molar-refractivity contribution in [2.75, 3.05) is 13.1 Å². The maximum absolute atomic E-state index is 12.1. The van der Waals surface area contributed by atoms with Crippen molar-refractivity contribution in [3.05, 3.63) is 35.9 Å². The Morgan fingerprint density at radius 1 is 1.35 bits per heavy atom. The summed E-state index contributed by atoms with van der Waals surface area (Å²) in [5.41, 5.74) is 0.988. The lowest BCUT2D eigenvalue weighted by Gasteiger charge is -2.17. The molecule has 0 aromatic heterocycles. The topological polar surface area (TPSA) is 58.2 Å². The Balaban J connectivity index is 2.05. The van der Waals surface area contributed by atoms with Crippen molar-refractivity contribution in [1.82, 2.24) is 10.0 Å². The summed E-state index contributed by atoms with van der Waals surface area (Å²) in [6.07, 6.45) is 0.691. The van der Waals surface area contributed by atoms with E-state index >= 15 is 0 Å². The average molecular weight is 254 g/mol. The zero-order valence-electron chi connectivity index (χ0n) is 9.89. The van der Waals surface area contributed by atoms with Crippen molar-refractivity contribution < 1.29 is 8.42 Å². The molecule has 0 spiro atoms. The predicted octanol–water partition coefficient (Wildman–Crippen LogP) is 1.03. The largest absolute Gasteiger partial charge is 0.315 e. The van der Waals surface area contributed by atoms with Crippen molar-refractivity contribution in [3.8, 4) is 0 Å². The number of rotatable bonds is 4. The summed E-state index contributed by atoms with van der Waals surface area (Å²) < 4.78 is 26.9. The van der Waals surface area contributed by atoms with Crippen molar-refractivity contribution in [2.45, 2.75) is 24.6 Å². The molecule has 2 unspecified atom stereocenters. The van der Waals surface area contributed by atoms with E-state index in [1.54, 1.807) is 0 Å². The summed E-state index contributed by atoms with van der Waals surface area (Å²) in [5, 5.41) is 2.77. The lowest BCUT2D eigenvalue weighted by molar-refractivity contribution is 0.553. The summed E-state index contributed by atoms with van der Waals surface area (Å²) in [7, 11) is -3.22. The van der Waals surface area contributed by atoms with Crippen LogP contribution in [0.15, 0.2) is 30.3 Å². The van der Waals surface area contributed by atoms with Gasteiger partial charge in [-0.3, -0.25) is 0 Å². The molecule has 1 aliphatic rings. The number of nitrogens with one attached hydrogen (secondary N) is 2. The Bertz CT molecular complexity index is 453. The predicted molar refractivity (Wildman–Crippen MR) is 68.2 cm³/mol. The minimum absolute atomic E-state index is 0.179. The third kappa shape index (κ3) is 3.06. The fourth-order valence-electron chi connectivity index (χ4n) is 2.05. The van der Waals surface area contributed by atoms with Crippen LogP contribution in [0.25, 0.3) is 0 Å². The van der Waals surface area contributed by atoms with Crippen LogP contribution in [0, 0.1) is 0 Å². The molecule has 0 aliphatic carbocycles. The molecular formula is C12H18N2O2S. The maximum Gasteiger partial charge on any atom is 0.216 e. The van der Waals surface area contributed by atoms with E-state index in [0.29, 0.717) is 13.0 Å². The van der Waals surface area contributed by atoms with Gasteiger partial charge in [-0.25, -0.2) is 13.1 Å². The standard InChI is InChI=1S/C12H18N2O2S/c1-10(11-5-3-2-4-6-11)14-17(15,16)12-7-8-13-9-12/h2-6,10,12-14H,7-9H2,1H3. The van der Waals surface area contributed by atoms with Gasteiger partial charge in [0.2, 0.25) is 10.0 Å². The second-order valence-corrected chi connectivity index (χ2v) is 6.40. The number of sulfonamides is 1. The Morgan fingerprint density at radius 3 is 2.65 bits per heavy atom. The van der Waals surface area contributed by atoms with E-state index in [2.05, 4.69) is 10.0 Å². The van der Waals surface area contributed by atoms with Crippen LogP contribution in [0.1, 0.15) is 24.9 Å². The van der Waals surface area contributed by atoms with E-state index in [9.17, 15) is 8.42 Å². The molecule has 0 radical (unpaired) electrons. The van der Waals surface area contributed by atoms with Crippen molar-refractivity contribution in [3.63, 3.8) is 0 Å². The molecule has 2 N–H and O–H groups in total. The van der Waals surface area contributed by atoms with Crippen LogP contribution in [-0.2, 0) is 10.0 Å². The van der Waals surface area contributed by atoms with Gasteiger partial charge in [-0.15, -0.1) is 0 Å². The van der Waals surface area contributed by atoms with Crippen LogP contribution in [0.2, 0.25) is 0 Å². The third-order valence-electron chi connectivity index (χ3n) is 3.09. The highest BCUT2D eigenvalue weighted by molar-refractivity contribution is 7.90. The molecule has 94 valence electrons. The first kappa shape index (κ1) is 12.5. The highest BCUT2D eigenvalue weighted by Gasteiger charge is 2.29. The first-order chi connectivity index (χ1) is 8.09. The highest BCUT2D eigenvalue weighted by atomic mass is 32.2. The van der Waals surface area contributed by atoms with E-state index in [4.69, 9.17) is 0 Å². The molecular weight excluding hydrogens is 236 g/mol. The SMILES string of the molecule is CC(NS(=O)(=O)C1CCNC1)c1ccccc1. The van der Waals surface area contributed by atoms with Crippen LogP contribution < -0.4 is 10.0 Å². The van der Waals surface area contributed by atoms with E-state index in [1.165, 1.54) is 0 Å². The number of hydrogen-bond acceptors (Lipinski definition) is 3. The molecule has 0 saturated carbocycles. The minimum Gasteiger partial charge on any atom is -0.315 e. The Morgan fingerprint density at radius 2 is 2.06 bits per heavy atom. The molecule has 2 rings (SSSR count). The van der Waals surface area contributed by atoms with Crippen LogP contribution in [0.3, 0.4) is 0 Å². The van der Waals surface area contributed by atoms with Gasteiger partial charge in [0.15, 0.2) is 0 Å². The van der Waals surface area contributed by atoms with Gasteiger partial charge in [0.25, 0.3) is 0 Å². The normalized spacial score (nSPS) is 22.5. The summed E-state index contributed by atoms with van der Waals surface area (Å²) in [4.78, 5) is 0. The van der Waals surface area contributed by atoms with Gasteiger partial charge >= 0.3 is 0 Å². The lowest BCUT2D eigenvalue weighted by atomic mass is 10.1. The second kappa shape index (κ2) is 5.16. The van der Waals surface area contributed by atoms with Crippen LogP contribution in [-0.4, -0.2) is 26.8 Å². The quantitative estimate of drug-likeness (QED) is 0.843. The first-order valence-corrected chi connectivity index (χ1v) is 7.41. The number of hydrogen-bond donors (Lipinski definition) is 2. The Kier molecular flexibility index (Phi) is 3.81. The molecule has 5 heteroatoms. The molecule has 1 heterocycles. The molecule has 0 bridgehead atoms. The van der Waals surface area contributed by atoms with Gasteiger partial charge in [-0.05, 0) is 25.5 Å². The zero-order valence-corrected chi connectivity index (χ0v) is 10.7. The zero-order chi connectivity index (χ0) is 12.3. The van der Waals surface area contributed by atoms with Gasteiger partial charge < -0.3 is 5.32 Å².